The van der Waals surface area contributed by atoms with E-state index in [2.05, 4.69) is 20.9 Å². The number of urea groups is 1. The molecule has 3 amide bonds. The van der Waals surface area contributed by atoms with E-state index in [1.807, 2.05) is 19.1 Å². The molecule has 0 aliphatic rings. The first-order valence-electron chi connectivity index (χ1n) is 6.51. The Morgan fingerprint density at radius 1 is 1.23 bits per heavy atom. The second-order valence-electron chi connectivity index (χ2n) is 4.49. The van der Waals surface area contributed by atoms with Crippen LogP contribution in [0.2, 0.25) is 5.02 Å². The summed E-state index contributed by atoms with van der Waals surface area (Å²) in [6.07, 6.45) is 1.67. The van der Waals surface area contributed by atoms with Crippen LogP contribution in [0.3, 0.4) is 0 Å². The quantitative estimate of drug-likeness (QED) is 0.783. The average molecular weight is 339 g/mol. The lowest BCUT2D eigenvalue weighted by Crippen LogP contribution is -2.39. The summed E-state index contributed by atoms with van der Waals surface area (Å²) < 4.78 is 0. The van der Waals surface area contributed by atoms with Crippen molar-refractivity contribution in [1.29, 1.82) is 0 Å². The summed E-state index contributed by atoms with van der Waals surface area (Å²) in [6, 6.07) is 6.72. The fourth-order valence-corrected chi connectivity index (χ4v) is 2.39. The fourth-order valence-electron chi connectivity index (χ4n) is 1.58. The van der Waals surface area contributed by atoms with E-state index >= 15 is 0 Å². The Bertz CT molecular complexity index is 657. The number of nitrogens with zero attached hydrogens (tertiary/aromatic N) is 1. The molecule has 0 fully saturated rings. The molecular formula is C14H15ClN4O2S. The topological polar surface area (TPSA) is 83.1 Å². The van der Waals surface area contributed by atoms with Crippen LogP contribution in [-0.4, -0.2) is 23.5 Å². The number of halogens is 1. The van der Waals surface area contributed by atoms with Crippen molar-refractivity contribution in [3.05, 3.63) is 45.9 Å². The highest BCUT2D eigenvalue weighted by Crippen LogP contribution is 2.15. The molecule has 2 aromatic rings. The summed E-state index contributed by atoms with van der Waals surface area (Å²) in [4.78, 5) is 28.3. The molecule has 0 atom stereocenters. The third kappa shape index (κ3) is 5.34. The van der Waals surface area contributed by atoms with Gasteiger partial charge in [0.2, 0.25) is 5.91 Å². The molecule has 0 radical (unpaired) electrons. The minimum Gasteiger partial charge on any atom is -0.334 e. The molecule has 0 unspecified atom stereocenters. The number of carbonyl (C=O) groups excluding carboxylic acids is 2. The molecule has 1 aromatic heterocycles. The molecular weight excluding hydrogens is 324 g/mol. The monoisotopic (exact) mass is 338 g/mol. The number of nitrogens with one attached hydrogen (secondary N) is 3. The minimum absolute atomic E-state index is 0.120. The summed E-state index contributed by atoms with van der Waals surface area (Å²) in [5.41, 5.74) is 0.919. The van der Waals surface area contributed by atoms with Gasteiger partial charge >= 0.3 is 6.03 Å². The fraction of sp³-hybridized carbons (Fsp3) is 0.214. The van der Waals surface area contributed by atoms with Gasteiger partial charge in [-0.25, -0.2) is 9.78 Å². The molecule has 0 saturated carbocycles. The van der Waals surface area contributed by atoms with Crippen LogP contribution < -0.4 is 16.0 Å². The molecule has 0 saturated heterocycles. The molecule has 22 heavy (non-hydrogen) atoms. The molecule has 116 valence electrons. The molecule has 2 rings (SSSR count). The summed E-state index contributed by atoms with van der Waals surface area (Å²) >= 11 is 7.16. The van der Waals surface area contributed by atoms with Crippen molar-refractivity contribution < 1.29 is 9.59 Å². The molecule has 0 aliphatic heterocycles. The van der Waals surface area contributed by atoms with Crippen LogP contribution in [0.15, 0.2) is 30.5 Å². The van der Waals surface area contributed by atoms with Crippen molar-refractivity contribution in [3.63, 3.8) is 0 Å². The summed E-state index contributed by atoms with van der Waals surface area (Å²) in [7, 11) is 0. The normalized spacial score (nSPS) is 10.1. The lowest BCUT2D eigenvalue weighted by atomic mass is 10.2. The van der Waals surface area contributed by atoms with Crippen LogP contribution >= 0.6 is 22.9 Å². The number of benzene rings is 1. The van der Waals surface area contributed by atoms with Crippen LogP contribution in [-0.2, 0) is 11.3 Å². The van der Waals surface area contributed by atoms with Gasteiger partial charge in [-0.15, -0.1) is 11.3 Å². The van der Waals surface area contributed by atoms with Crippen LogP contribution in [0.25, 0.3) is 0 Å². The predicted octanol–water partition coefficient (Wildman–Crippen LogP) is 2.54. The molecule has 3 N–H and O–H groups in total. The minimum atomic E-state index is -0.416. The maximum absolute atomic E-state index is 11.6. The average Bonchev–Trinajstić information content (AvgIpc) is 2.89. The van der Waals surface area contributed by atoms with Gasteiger partial charge < -0.3 is 16.0 Å². The molecule has 1 heterocycles. The number of carbonyl (C=O) groups is 2. The zero-order chi connectivity index (χ0) is 15.9. The number of aryl methyl sites for hydroxylation is 1. The lowest BCUT2D eigenvalue weighted by molar-refractivity contribution is -0.115. The molecule has 0 spiro atoms. The third-order valence-electron chi connectivity index (χ3n) is 2.64. The molecule has 1 aromatic carbocycles. The van der Waals surface area contributed by atoms with E-state index in [-0.39, 0.29) is 12.5 Å². The number of amides is 3. The largest absolute Gasteiger partial charge is 0.334 e. The number of rotatable bonds is 5. The zero-order valence-electron chi connectivity index (χ0n) is 11.9. The van der Waals surface area contributed by atoms with E-state index in [0.29, 0.717) is 16.7 Å². The van der Waals surface area contributed by atoms with E-state index in [1.54, 1.807) is 18.3 Å². The Kier molecular flexibility index (Phi) is 5.74. The van der Waals surface area contributed by atoms with Crippen LogP contribution in [0, 0.1) is 6.92 Å². The van der Waals surface area contributed by atoms with Crippen LogP contribution in [0.5, 0.6) is 0 Å². The number of hydrogen-bond donors (Lipinski definition) is 3. The predicted molar refractivity (Wildman–Crippen MR) is 87.2 cm³/mol. The van der Waals surface area contributed by atoms with Gasteiger partial charge in [-0.3, -0.25) is 4.79 Å². The molecule has 8 heteroatoms. The highest BCUT2D eigenvalue weighted by molar-refractivity contribution is 7.15. The third-order valence-corrected chi connectivity index (χ3v) is 3.72. The first kappa shape index (κ1) is 16.3. The van der Waals surface area contributed by atoms with Gasteiger partial charge in [0.05, 0.1) is 6.54 Å². The van der Waals surface area contributed by atoms with Crippen molar-refractivity contribution >= 4 is 40.0 Å². The smallest absolute Gasteiger partial charge is 0.315 e. The summed E-state index contributed by atoms with van der Waals surface area (Å²) in [5.74, 6) is -0.323. The van der Waals surface area contributed by atoms with Gasteiger partial charge in [-0.05, 0) is 24.6 Å². The Morgan fingerprint density at radius 3 is 2.59 bits per heavy atom. The first-order chi connectivity index (χ1) is 10.5. The highest BCUT2D eigenvalue weighted by Gasteiger charge is 2.07. The van der Waals surface area contributed by atoms with Gasteiger partial charge in [0, 0.05) is 22.6 Å². The SMILES string of the molecule is Cc1cnc(NC(=O)CNC(=O)NCc2ccc(Cl)cc2)s1. The van der Waals surface area contributed by atoms with Gasteiger partial charge in [0.1, 0.15) is 0 Å². The van der Waals surface area contributed by atoms with Gasteiger partial charge in [-0.1, -0.05) is 23.7 Å². The molecule has 0 bridgehead atoms. The first-order valence-corrected chi connectivity index (χ1v) is 7.71. The Balaban J connectivity index is 1.68. The number of thiazole rings is 1. The van der Waals surface area contributed by atoms with Crippen LogP contribution in [0.1, 0.15) is 10.4 Å². The Labute approximate surface area is 136 Å². The van der Waals surface area contributed by atoms with Crippen LogP contribution in [0.4, 0.5) is 9.93 Å². The van der Waals surface area contributed by atoms with Crippen molar-refractivity contribution in [3.8, 4) is 0 Å². The molecule has 0 aliphatic carbocycles. The second-order valence-corrected chi connectivity index (χ2v) is 6.16. The van der Waals surface area contributed by atoms with Crippen molar-refractivity contribution in [2.24, 2.45) is 0 Å². The van der Waals surface area contributed by atoms with Gasteiger partial charge in [0.15, 0.2) is 5.13 Å². The lowest BCUT2D eigenvalue weighted by Gasteiger charge is -2.07. The van der Waals surface area contributed by atoms with E-state index in [4.69, 9.17) is 11.6 Å². The van der Waals surface area contributed by atoms with Gasteiger partial charge in [-0.2, -0.15) is 0 Å². The second kappa shape index (κ2) is 7.77. The summed E-state index contributed by atoms with van der Waals surface area (Å²) in [5, 5.41) is 8.91. The maximum atomic E-state index is 11.6. The Morgan fingerprint density at radius 2 is 1.95 bits per heavy atom. The van der Waals surface area contributed by atoms with E-state index < -0.39 is 6.03 Å². The van der Waals surface area contributed by atoms with Crippen molar-refractivity contribution in [2.75, 3.05) is 11.9 Å². The molecule has 6 nitrogen and oxygen atoms in total. The highest BCUT2D eigenvalue weighted by atomic mass is 35.5. The van der Waals surface area contributed by atoms with E-state index in [9.17, 15) is 9.59 Å². The van der Waals surface area contributed by atoms with E-state index in [1.165, 1.54) is 11.3 Å². The van der Waals surface area contributed by atoms with Crippen molar-refractivity contribution in [1.82, 2.24) is 15.6 Å². The number of hydrogen-bond acceptors (Lipinski definition) is 4. The number of aromatic nitrogens is 1. The summed E-state index contributed by atoms with van der Waals surface area (Å²) in [6.45, 7) is 2.14. The van der Waals surface area contributed by atoms with Crippen molar-refractivity contribution in [2.45, 2.75) is 13.5 Å². The Hall–Kier alpha value is -2.12. The standard InChI is InChI=1S/C14H15ClN4O2S/c1-9-6-18-14(22-9)19-12(20)8-17-13(21)16-7-10-2-4-11(15)5-3-10/h2-6H,7-8H2,1H3,(H2,16,17,21)(H,18,19,20). The maximum Gasteiger partial charge on any atom is 0.315 e. The van der Waals surface area contributed by atoms with E-state index in [0.717, 1.165) is 10.4 Å². The van der Waals surface area contributed by atoms with Gasteiger partial charge in [0.25, 0.3) is 0 Å². The zero-order valence-corrected chi connectivity index (χ0v) is 13.4. The number of anilines is 1.